The molecule has 2 heterocycles. The second-order valence-electron chi connectivity index (χ2n) is 4.95. The van der Waals surface area contributed by atoms with Crippen LogP contribution in [-0.2, 0) is 7.05 Å². The van der Waals surface area contributed by atoms with Crippen molar-refractivity contribution in [2.45, 2.75) is 5.16 Å². The molecule has 128 valence electrons. The molecular formula is C16H14N4O4S. The van der Waals surface area contributed by atoms with Gasteiger partial charge in [0.1, 0.15) is 16.4 Å². The van der Waals surface area contributed by atoms with Crippen molar-refractivity contribution in [3.63, 3.8) is 0 Å². The maximum atomic E-state index is 10.6. The van der Waals surface area contributed by atoms with Gasteiger partial charge < -0.3 is 13.7 Å². The van der Waals surface area contributed by atoms with Crippen molar-refractivity contribution in [2.24, 2.45) is 7.05 Å². The molecule has 9 heteroatoms. The summed E-state index contributed by atoms with van der Waals surface area (Å²) in [4.78, 5) is 10.0. The number of methoxy groups -OCH3 is 1. The zero-order chi connectivity index (χ0) is 17.8. The summed E-state index contributed by atoms with van der Waals surface area (Å²) in [6, 6.07) is 10.4. The Balaban J connectivity index is 1.74. The van der Waals surface area contributed by atoms with Crippen LogP contribution in [0.3, 0.4) is 0 Å². The van der Waals surface area contributed by atoms with E-state index in [0.717, 1.165) is 11.3 Å². The van der Waals surface area contributed by atoms with E-state index in [1.807, 2.05) is 35.9 Å². The predicted molar refractivity (Wildman–Crippen MR) is 93.2 cm³/mol. The smallest absolute Gasteiger partial charge is 0.433 e. The van der Waals surface area contributed by atoms with Crippen molar-refractivity contribution in [3.8, 4) is 17.1 Å². The molecule has 0 saturated carbocycles. The normalized spacial score (nSPS) is 11.1. The van der Waals surface area contributed by atoms with Gasteiger partial charge >= 0.3 is 5.88 Å². The number of hydrogen-bond donors (Lipinski definition) is 0. The van der Waals surface area contributed by atoms with Gasteiger partial charge in [-0.3, -0.25) is 10.1 Å². The van der Waals surface area contributed by atoms with Crippen LogP contribution in [0.4, 0.5) is 5.88 Å². The summed E-state index contributed by atoms with van der Waals surface area (Å²) in [5, 5.41) is 21.4. The summed E-state index contributed by atoms with van der Waals surface area (Å²) in [6.07, 6.45) is 1.64. The van der Waals surface area contributed by atoms with Gasteiger partial charge in [0.05, 0.1) is 13.2 Å². The van der Waals surface area contributed by atoms with E-state index in [9.17, 15) is 10.1 Å². The maximum Gasteiger partial charge on any atom is 0.433 e. The van der Waals surface area contributed by atoms with E-state index < -0.39 is 4.92 Å². The number of aromatic nitrogens is 3. The molecule has 0 saturated heterocycles. The molecular weight excluding hydrogens is 344 g/mol. The molecule has 2 aromatic heterocycles. The Bertz CT molecular complexity index is 932. The third-order valence-corrected chi connectivity index (χ3v) is 4.20. The lowest BCUT2D eigenvalue weighted by Crippen LogP contribution is -1.94. The zero-order valence-corrected chi connectivity index (χ0v) is 14.3. The predicted octanol–water partition coefficient (Wildman–Crippen LogP) is 3.75. The highest BCUT2D eigenvalue weighted by Gasteiger charge is 2.12. The third kappa shape index (κ3) is 3.72. The van der Waals surface area contributed by atoms with Crippen molar-refractivity contribution in [3.05, 3.63) is 57.7 Å². The molecule has 0 aliphatic heterocycles. The third-order valence-electron chi connectivity index (χ3n) is 3.36. The van der Waals surface area contributed by atoms with E-state index in [2.05, 4.69) is 10.2 Å². The van der Waals surface area contributed by atoms with Crippen LogP contribution < -0.4 is 4.74 Å². The van der Waals surface area contributed by atoms with Gasteiger partial charge in [0.25, 0.3) is 0 Å². The van der Waals surface area contributed by atoms with Crippen LogP contribution in [0.15, 0.2) is 51.4 Å². The van der Waals surface area contributed by atoms with Gasteiger partial charge in [-0.25, -0.2) is 0 Å². The molecule has 0 atom stereocenters. The van der Waals surface area contributed by atoms with Gasteiger partial charge in [-0.1, -0.05) is 23.9 Å². The number of thioether (sulfide) groups is 1. The van der Waals surface area contributed by atoms with Crippen LogP contribution in [0.5, 0.6) is 5.75 Å². The van der Waals surface area contributed by atoms with Crippen LogP contribution in [0.25, 0.3) is 17.5 Å². The average molecular weight is 358 g/mol. The van der Waals surface area contributed by atoms with E-state index in [4.69, 9.17) is 9.15 Å². The van der Waals surface area contributed by atoms with Crippen molar-refractivity contribution in [1.82, 2.24) is 14.8 Å². The molecule has 0 fully saturated rings. The van der Waals surface area contributed by atoms with Gasteiger partial charge in [-0.05, 0) is 29.7 Å². The van der Waals surface area contributed by atoms with E-state index in [-0.39, 0.29) is 5.88 Å². The lowest BCUT2D eigenvalue weighted by molar-refractivity contribution is -0.402. The Morgan fingerprint density at radius 3 is 2.88 bits per heavy atom. The SMILES string of the molecule is COc1cccc(-c2nnc(S/C=C/c3ccc([N+](=O)[O-])o3)n2C)c1. The minimum Gasteiger partial charge on any atom is -0.497 e. The quantitative estimate of drug-likeness (QED) is 0.376. The molecule has 3 aromatic rings. The highest BCUT2D eigenvalue weighted by atomic mass is 32.2. The molecule has 0 radical (unpaired) electrons. The highest BCUT2D eigenvalue weighted by Crippen LogP contribution is 2.26. The lowest BCUT2D eigenvalue weighted by Gasteiger charge is -2.04. The fourth-order valence-electron chi connectivity index (χ4n) is 2.12. The molecule has 0 N–H and O–H groups in total. The Kier molecular flexibility index (Phi) is 4.85. The average Bonchev–Trinajstić information content (AvgIpc) is 3.23. The zero-order valence-electron chi connectivity index (χ0n) is 13.4. The number of ether oxygens (including phenoxy) is 1. The van der Waals surface area contributed by atoms with E-state index in [0.29, 0.717) is 16.7 Å². The summed E-state index contributed by atoms with van der Waals surface area (Å²) in [7, 11) is 3.48. The van der Waals surface area contributed by atoms with Gasteiger partial charge in [0.2, 0.25) is 0 Å². The first-order valence-electron chi connectivity index (χ1n) is 7.19. The first kappa shape index (κ1) is 16.8. The number of furan rings is 1. The second-order valence-corrected chi connectivity index (χ2v) is 5.82. The number of rotatable bonds is 6. The van der Waals surface area contributed by atoms with E-state index in [1.165, 1.54) is 23.9 Å². The van der Waals surface area contributed by atoms with Crippen molar-refractivity contribution in [2.75, 3.05) is 7.11 Å². The monoisotopic (exact) mass is 358 g/mol. The Hall–Kier alpha value is -3.07. The minimum absolute atomic E-state index is 0.288. The number of hydrogen-bond acceptors (Lipinski definition) is 7. The van der Waals surface area contributed by atoms with Crippen molar-refractivity contribution >= 4 is 23.7 Å². The van der Waals surface area contributed by atoms with Crippen LogP contribution in [0, 0.1) is 10.1 Å². The van der Waals surface area contributed by atoms with E-state index in [1.54, 1.807) is 18.6 Å². The lowest BCUT2D eigenvalue weighted by atomic mass is 10.2. The summed E-state index contributed by atoms with van der Waals surface area (Å²) in [5.41, 5.74) is 0.895. The van der Waals surface area contributed by atoms with Gasteiger partial charge in [0, 0.05) is 12.6 Å². The molecule has 0 spiro atoms. The fourth-order valence-corrected chi connectivity index (χ4v) is 2.78. The Morgan fingerprint density at radius 1 is 1.32 bits per heavy atom. The molecule has 0 aliphatic rings. The van der Waals surface area contributed by atoms with Gasteiger partial charge in [0.15, 0.2) is 11.0 Å². The summed E-state index contributed by atoms with van der Waals surface area (Å²) in [5.74, 6) is 1.57. The number of benzene rings is 1. The molecule has 1 aromatic carbocycles. The molecule has 0 unspecified atom stereocenters. The number of nitro groups is 1. The first-order chi connectivity index (χ1) is 12.1. The molecule has 0 bridgehead atoms. The van der Waals surface area contributed by atoms with Crippen LogP contribution in [-0.4, -0.2) is 26.8 Å². The van der Waals surface area contributed by atoms with E-state index >= 15 is 0 Å². The molecule has 0 amide bonds. The maximum absolute atomic E-state index is 10.6. The molecule has 0 aliphatic carbocycles. The van der Waals surface area contributed by atoms with Crippen LogP contribution >= 0.6 is 11.8 Å². The van der Waals surface area contributed by atoms with Crippen molar-refractivity contribution in [1.29, 1.82) is 0 Å². The topological polar surface area (TPSA) is 96.2 Å². The fraction of sp³-hybridized carbons (Fsp3) is 0.125. The van der Waals surface area contributed by atoms with Gasteiger partial charge in [-0.15, -0.1) is 10.2 Å². The molecule has 8 nitrogen and oxygen atoms in total. The largest absolute Gasteiger partial charge is 0.497 e. The number of nitrogens with zero attached hydrogens (tertiary/aromatic N) is 4. The molecule has 25 heavy (non-hydrogen) atoms. The van der Waals surface area contributed by atoms with Crippen molar-refractivity contribution < 1.29 is 14.1 Å². The first-order valence-corrected chi connectivity index (χ1v) is 8.07. The Morgan fingerprint density at radius 2 is 2.16 bits per heavy atom. The highest BCUT2D eigenvalue weighted by molar-refractivity contribution is 8.02. The standard InChI is InChI=1S/C16H14N4O4S/c1-19-15(11-4-3-5-13(10-11)23-2)17-18-16(19)25-9-8-12-6-7-14(24-12)20(21)22/h3-10H,1-2H3/b9-8+. The molecule has 3 rings (SSSR count). The summed E-state index contributed by atoms with van der Waals surface area (Å²) in [6.45, 7) is 0. The summed E-state index contributed by atoms with van der Waals surface area (Å²) < 4.78 is 12.1. The van der Waals surface area contributed by atoms with Crippen LogP contribution in [0.2, 0.25) is 0 Å². The summed E-state index contributed by atoms with van der Waals surface area (Å²) >= 11 is 1.33. The Labute approximate surface area is 147 Å². The van der Waals surface area contributed by atoms with Crippen LogP contribution in [0.1, 0.15) is 5.76 Å². The minimum atomic E-state index is -0.576. The van der Waals surface area contributed by atoms with Gasteiger partial charge in [-0.2, -0.15) is 0 Å². The second kappa shape index (κ2) is 7.22.